The van der Waals surface area contributed by atoms with Gasteiger partial charge in [0.2, 0.25) is 10.0 Å². The molecule has 8 heteroatoms. The van der Waals surface area contributed by atoms with Gasteiger partial charge in [0, 0.05) is 17.8 Å². The second kappa shape index (κ2) is 8.28. The first-order valence-corrected chi connectivity index (χ1v) is 10.4. The van der Waals surface area contributed by atoms with Crippen molar-refractivity contribution in [3.8, 4) is 0 Å². The molecule has 1 unspecified atom stereocenters. The first-order chi connectivity index (χ1) is 13.1. The number of carbonyl (C=O) groups excluding carboxylic acids is 2. The first kappa shape index (κ1) is 21.8. The normalized spacial score (nSPS) is 12.8. The molecular formula is C20H26N2O5S. The van der Waals surface area contributed by atoms with E-state index >= 15 is 0 Å². The van der Waals surface area contributed by atoms with E-state index in [0.717, 1.165) is 5.56 Å². The molecule has 1 heterocycles. The number of rotatable bonds is 7. The summed E-state index contributed by atoms with van der Waals surface area (Å²) >= 11 is 0. The quantitative estimate of drug-likeness (QED) is 0.563. The molecule has 0 saturated heterocycles. The maximum atomic E-state index is 13.2. The number of nitrogens with zero attached hydrogens (tertiary/aromatic N) is 1. The molecule has 0 fully saturated rings. The molecule has 1 aromatic heterocycles. The highest BCUT2D eigenvalue weighted by Gasteiger charge is 2.34. The Morgan fingerprint density at radius 3 is 2.21 bits per heavy atom. The number of aromatic nitrogens is 1. The summed E-state index contributed by atoms with van der Waals surface area (Å²) in [7, 11) is -2.59. The number of Topliss-reactive ketones (excluding diaryl/α,β-unsaturated/α-hetero) is 1. The minimum absolute atomic E-state index is 0.134. The fourth-order valence-electron chi connectivity index (χ4n) is 3.26. The van der Waals surface area contributed by atoms with Gasteiger partial charge < -0.3 is 9.72 Å². The standard InChI is InChI=1S/C20H26N2O5S/c1-7-22(28(25,26)16-10-8-12(2)9-11-16)15(5)19(23)17-13(3)18(20(24)27-6)21-14(17)4/h8-11,15,21H,7H2,1-6H3. The molecule has 0 bridgehead atoms. The largest absolute Gasteiger partial charge is 0.464 e. The summed E-state index contributed by atoms with van der Waals surface area (Å²) in [5.41, 5.74) is 2.40. The zero-order valence-corrected chi connectivity index (χ0v) is 17.8. The van der Waals surface area contributed by atoms with Crippen LogP contribution in [0.5, 0.6) is 0 Å². The van der Waals surface area contributed by atoms with E-state index < -0.39 is 22.0 Å². The lowest BCUT2D eigenvalue weighted by molar-refractivity contribution is 0.0594. The highest BCUT2D eigenvalue weighted by molar-refractivity contribution is 7.89. The zero-order valence-electron chi connectivity index (χ0n) is 17.0. The molecule has 1 atom stereocenters. The lowest BCUT2D eigenvalue weighted by Crippen LogP contribution is -2.43. The molecule has 2 rings (SSSR count). The van der Waals surface area contributed by atoms with Gasteiger partial charge in [0.25, 0.3) is 0 Å². The first-order valence-electron chi connectivity index (χ1n) is 8.96. The van der Waals surface area contributed by atoms with Crippen LogP contribution in [-0.2, 0) is 14.8 Å². The molecule has 0 aliphatic heterocycles. The van der Waals surface area contributed by atoms with Crippen LogP contribution in [0.4, 0.5) is 0 Å². The Hall–Kier alpha value is -2.45. The smallest absolute Gasteiger partial charge is 0.354 e. The number of sulfonamides is 1. The van der Waals surface area contributed by atoms with Crippen LogP contribution < -0.4 is 0 Å². The summed E-state index contributed by atoms with van der Waals surface area (Å²) in [6.07, 6.45) is 0. The number of benzene rings is 1. The molecule has 0 radical (unpaired) electrons. The number of H-pyrrole nitrogens is 1. The van der Waals surface area contributed by atoms with Crippen LogP contribution in [-0.4, -0.2) is 49.2 Å². The Bertz CT molecular complexity index is 990. The number of nitrogens with one attached hydrogen (secondary N) is 1. The van der Waals surface area contributed by atoms with Crippen molar-refractivity contribution < 1.29 is 22.7 Å². The summed E-state index contributed by atoms with van der Waals surface area (Å²) in [4.78, 5) is 28.1. The van der Waals surface area contributed by atoms with Gasteiger partial charge in [-0.2, -0.15) is 4.31 Å². The molecule has 0 amide bonds. The highest BCUT2D eigenvalue weighted by Crippen LogP contribution is 2.25. The van der Waals surface area contributed by atoms with Crippen LogP contribution in [0.15, 0.2) is 29.2 Å². The summed E-state index contributed by atoms with van der Waals surface area (Å²) in [5.74, 6) is -0.953. The predicted molar refractivity (Wildman–Crippen MR) is 106 cm³/mol. The summed E-state index contributed by atoms with van der Waals surface area (Å²) in [6, 6.07) is 5.57. The van der Waals surface area contributed by atoms with Gasteiger partial charge in [-0.3, -0.25) is 4.79 Å². The van der Waals surface area contributed by atoms with Crippen molar-refractivity contribution in [1.82, 2.24) is 9.29 Å². The third-order valence-electron chi connectivity index (χ3n) is 4.82. The van der Waals surface area contributed by atoms with E-state index in [4.69, 9.17) is 4.74 Å². The number of esters is 1. The van der Waals surface area contributed by atoms with Crippen LogP contribution in [0, 0.1) is 20.8 Å². The van der Waals surface area contributed by atoms with Gasteiger partial charge in [0.1, 0.15) is 5.69 Å². The number of hydrogen-bond acceptors (Lipinski definition) is 5. The molecule has 0 aliphatic carbocycles. The third kappa shape index (κ3) is 3.88. The molecule has 0 aliphatic rings. The molecule has 0 spiro atoms. The third-order valence-corrected chi connectivity index (χ3v) is 6.88. The molecule has 1 N–H and O–H groups in total. The second-order valence-electron chi connectivity index (χ2n) is 6.68. The minimum atomic E-state index is -3.85. The topological polar surface area (TPSA) is 96.5 Å². The lowest BCUT2D eigenvalue weighted by atomic mass is 10.0. The average molecular weight is 407 g/mol. The van der Waals surface area contributed by atoms with Gasteiger partial charge >= 0.3 is 5.97 Å². The number of carbonyl (C=O) groups is 2. The van der Waals surface area contributed by atoms with E-state index in [1.54, 1.807) is 39.8 Å². The molecular weight excluding hydrogens is 380 g/mol. The van der Waals surface area contributed by atoms with Crippen LogP contribution >= 0.6 is 0 Å². The van der Waals surface area contributed by atoms with Crippen LogP contribution in [0.25, 0.3) is 0 Å². The van der Waals surface area contributed by atoms with Crippen LogP contribution in [0.3, 0.4) is 0 Å². The maximum absolute atomic E-state index is 13.2. The van der Waals surface area contributed by atoms with Crippen molar-refractivity contribution in [3.05, 3.63) is 52.3 Å². The monoisotopic (exact) mass is 406 g/mol. The predicted octanol–water partition coefficient (Wildman–Crippen LogP) is 3.01. The minimum Gasteiger partial charge on any atom is -0.464 e. The maximum Gasteiger partial charge on any atom is 0.354 e. The Balaban J connectivity index is 2.44. The van der Waals surface area contributed by atoms with Gasteiger partial charge in [0.15, 0.2) is 5.78 Å². The van der Waals surface area contributed by atoms with E-state index in [2.05, 4.69) is 4.98 Å². The number of hydrogen-bond donors (Lipinski definition) is 1. The van der Waals surface area contributed by atoms with E-state index in [9.17, 15) is 18.0 Å². The van der Waals surface area contributed by atoms with E-state index in [-0.39, 0.29) is 22.9 Å². The second-order valence-corrected chi connectivity index (χ2v) is 8.57. The SMILES string of the molecule is CCN(C(C)C(=O)c1c(C)[nH]c(C(=O)OC)c1C)S(=O)(=O)c1ccc(C)cc1. The Morgan fingerprint density at radius 2 is 1.71 bits per heavy atom. The lowest BCUT2D eigenvalue weighted by Gasteiger charge is -2.26. The molecule has 28 heavy (non-hydrogen) atoms. The van der Waals surface area contributed by atoms with Crippen molar-refractivity contribution >= 4 is 21.8 Å². The van der Waals surface area contributed by atoms with Crippen LogP contribution in [0.1, 0.15) is 51.5 Å². The molecule has 2 aromatic rings. The summed E-state index contributed by atoms with van der Waals surface area (Å²) < 4.78 is 32.0. The van der Waals surface area contributed by atoms with E-state index in [1.807, 2.05) is 6.92 Å². The fraction of sp³-hybridized carbons (Fsp3) is 0.400. The zero-order chi connectivity index (χ0) is 21.2. The number of likely N-dealkylation sites (N-methyl/N-ethyl adjacent to an activating group) is 1. The fourth-order valence-corrected chi connectivity index (χ4v) is 4.87. The van der Waals surface area contributed by atoms with E-state index in [0.29, 0.717) is 16.8 Å². The molecule has 0 saturated carbocycles. The Kier molecular flexibility index (Phi) is 6.46. The number of ketones is 1. The van der Waals surface area contributed by atoms with Gasteiger partial charge in [0.05, 0.1) is 18.0 Å². The average Bonchev–Trinajstić information content (AvgIpc) is 2.95. The summed E-state index contributed by atoms with van der Waals surface area (Å²) in [6.45, 7) is 8.56. The van der Waals surface area contributed by atoms with Crippen molar-refractivity contribution in [2.45, 2.75) is 45.6 Å². The van der Waals surface area contributed by atoms with Crippen molar-refractivity contribution in [2.75, 3.05) is 13.7 Å². The van der Waals surface area contributed by atoms with Gasteiger partial charge in [-0.05, 0) is 45.4 Å². The molecule has 7 nitrogen and oxygen atoms in total. The highest BCUT2D eigenvalue weighted by atomic mass is 32.2. The van der Waals surface area contributed by atoms with Gasteiger partial charge in [-0.15, -0.1) is 0 Å². The molecule has 152 valence electrons. The molecule has 1 aromatic carbocycles. The van der Waals surface area contributed by atoms with Crippen molar-refractivity contribution in [2.24, 2.45) is 0 Å². The summed E-state index contributed by atoms with van der Waals surface area (Å²) in [5, 5.41) is 0. The van der Waals surface area contributed by atoms with Crippen molar-refractivity contribution in [1.29, 1.82) is 0 Å². The van der Waals surface area contributed by atoms with E-state index in [1.165, 1.54) is 23.5 Å². The number of aryl methyl sites for hydroxylation is 2. The Morgan fingerprint density at radius 1 is 1.14 bits per heavy atom. The van der Waals surface area contributed by atoms with Crippen molar-refractivity contribution in [3.63, 3.8) is 0 Å². The van der Waals surface area contributed by atoms with Crippen LogP contribution in [0.2, 0.25) is 0 Å². The number of methoxy groups -OCH3 is 1. The Labute approximate surface area is 165 Å². The van der Waals surface area contributed by atoms with Gasteiger partial charge in [-0.25, -0.2) is 13.2 Å². The van der Waals surface area contributed by atoms with Gasteiger partial charge in [-0.1, -0.05) is 24.6 Å². The number of aromatic amines is 1. The number of ether oxygens (including phenoxy) is 1.